The number of unbranched alkanes of at least 4 members (excludes halogenated alkanes) is 1. The number of halogens is 2. The van der Waals surface area contributed by atoms with Crippen LogP contribution in [0.2, 0.25) is 10.0 Å². The van der Waals surface area contributed by atoms with E-state index in [-0.39, 0.29) is 11.3 Å². The molecule has 0 saturated carbocycles. The normalized spacial score (nSPS) is 18.9. The molecule has 27 heavy (non-hydrogen) atoms. The summed E-state index contributed by atoms with van der Waals surface area (Å²) in [7, 11) is 0. The van der Waals surface area contributed by atoms with E-state index < -0.39 is 17.7 Å². The Balaban J connectivity index is 2.14. The van der Waals surface area contributed by atoms with Crippen LogP contribution in [0.3, 0.4) is 0 Å². The molecule has 1 heterocycles. The second-order valence-electron chi connectivity index (χ2n) is 6.40. The first-order valence-electron chi connectivity index (χ1n) is 8.74. The van der Waals surface area contributed by atoms with Crippen molar-refractivity contribution in [2.45, 2.75) is 25.8 Å². The zero-order valence-corrected chi connectivity index (χ0v) is 16.3. The second kappa shape index (κ2) is 8.15. The van der Waals surface area contributed by atoms with E-state index in [1.807, 2.05) is 6.92 Å². The van der Waals surface area contributed by atoms with Gasteiger partial charge >= 0.3 is 0 Å². The smallest absolute Gasteiger partial charge is 0.295 e. The third-order valence-corrected chi connectivity index (χ3v) is 5.10. The van der Waals surface area contributed by atoms with Crippen LogP contribution in [0.1, 0.15) is 36.9 Å². The molecule has 1 aliphatic rings. The number of Topliss-reactive ketones (excluding diaryl/α,β-unsaturated/α-hetero) is 1. The third-order valence-electron chi connectivity index (χ3n) is 4.60. The lowest BCUT2D eigenvalue weighted by atomic mass is 9.95. The van der Waals surface area contributed by atoms with Crippen LogP contribution < -0.4 is 0 Å². The average Bonchev–Trinajstić information content (AvgIpc) is 2.91. The molecule has 0 spiro atoms. The Morgan fingerprint density at radius 2 is 1.56 bits per heavy atom. The number of carbonyl (C=O) groups is 2. The molecule has 1 atom stereocenters. The van der Waals surface area contributed by atoms with E-state index in [1.54, 1.807) is 48.5 Å². The highest BCUT2D eigenvalue weighted by atomic mass is 35.5. The molecule has 0 aliphatic carbocycles. The van der Waals surface area contributed by atoms with E-state index in [4.69, 9.17) is 23.2 Å². The number of likely N-dealkylation sites (tertiary alicyclic amines) is 1. The fraction of sp³-hybridized carbons (Fsp3) is 0.238. The number of amides is 1. The Morgan fingerprint density at radius 1 is 1.00 bits per heavy atom. The van der Waals surface area contributed by atoms with Gasteiger partial charge in [-0.05, 0) is 48.4 Å². The van der Waals surface area contributed by atoms with Gasteiger partial charge in [0.25, 0.3) is 11.7 Å². The van der Waals surface area contributed by atoms with E-state index in [9.17, 15) is 14.7 Å². The highest BCUT2D eigenvalue weighted by molar-refractivity contribution is 6.46. The molecule has 140 valence electrons. The van der Waals surface area contributed by atoms with Gasteiger partial charge in [0, 0.05) is 22.2 Å². The van der Waals surface area contributed by atoms with Crippen LogP contribution in [0, 0.1) is 0 Å². The molecule has 0 aromatic heterocycles. The van der Waals surface area contributed by atoms with Crippen LogP contribution in [-0.2, 0) is 9.59 Å². The lowest BCUT2D eigenvalue weighted by Crippen LogP contribution is -2.30. The number of carbonyl (C=O) groups excluding carboxylic acids is 2. The summed E-state index contributed by atoms with van der Waals surface area (Å²) in [6.45, 7) is 2.45. The average molecular weight is 404 g/mol. The van der Waals surface area contributed by atoms with E-state index in [0.29, 0.717) is 22.2 Å². The van der Waals surface area contributed by atoms with Crippen LogP contribution in [-0.4, -0.2) is 28.2 Å². The van der Waals surface area contributed by atoms with Gasteiger partial charge in [-0.15, -0.1) is 0 Å². The Labute approximate surface area is 168 Å². The summed E-state index contributed by atoms with van der Waals surface area (Å²) in [5, 5.41) is 11.9. The molecule has 2 aromatic carbocycles. The van der Waals surface area contributed by atoms with Crippen molar-refractivity contribution in [1.29, 1.82) is 0 Å². The molecule has 1 saturated heterocycles. The molecule has 0 unspecified atom stereocenters. The maximum Gasteiger partial charge on any atom is 0.295 e. The topological polar surface area (TPSA) is 57.6 Å². The van der Waals surface area contributed by atoms with Crippen LogP contribution in [0.5, 0.6) is 0 Å². The van der Waals surface area contributed by atoms with Crippen molar-refractivity contribution in [2.75, 3.05) is 6.54 Å². The van der Waals surface area contributed by atoms with Crippen molar-refractivity contribution >= 4 is 40.7 Å². The highest BCUT2D eigenvalue weighted by Gasteiger charge is 2.45. The maximum absolute atomic E-state index is 12.8. The first-order valence-corrected chi connectivity index (χ1v) is 9.49. The molecule has 3 rings (SSSR count). The summed E-state index contributed by atoms with van der Waals surface area (Å²) in [6, 6.07) is 12.8. The van der Waals surface area contributed by atoms with Gasteiger partial charge in [-0.2, -0.15) is 0 Å². The van der Waals surface area contributed by atoms with Crippen LogP contribution in [0.15, 0.2) is 54.1 Å². The van der Waals surface area contributed by atoms with E-state index >= 15 is 0 Å². The fourth-order valence-corrected chi connectivity index (χ4v) is 3.45. The number of ketones is 1. The Kier molecular flexibility index (Phi) is 5.88. The Hall–Kier alpha value is -2.30. The van der Waals surface area contributed by atoms with Crippen molar-refractivity contribution in [3.63, 3.8) is 0 Å². The molecule has 6 heteroatoms. The summed E-state index contributed by atoms with van der Waals surface area (Å²) in [5.74, 6) is -1.48. The molecule has 1 amide bonds. The van der Waals surface area contributed by atoms with E-state index in [0.717, 1.165) is 18.4 Å². The molecule has 1 N–H and O–H groups in total. The third kappa shape index (κ3) is 3.87. The molecular weight excluding hydrogens is 385 g/mol. The second-order valence-corrected chi connectivity index (χ2v) is 7.28. The number of benzene rings is 2. The van der Waals surface area contributed by atoms with Gasteiger partial charge in [0.2, 0.25) is 0 Å². The molecule has 2 aromatic rings. The van der Waals surface area contributed by atoms with Crippen molar-refractivity contribution in [2.24, 2.45) is 0 Å². The molecular formula is C21H19Cl2NO3. The van der Waals surface area contributed by atoms with Gasteiger partial charge in [-0.25, -0.2) is 0 Å². The quantitative estimate of drug-likeness (QED) is 0.423. The Bertz CT molecular complexity index is 889. The van der Waals surface area contributed by atoms with Crippen LogP contribution >= 0.6 is 23.2 Å². The molecule has 1 fully saturated rings. The SMILES string of the molecule is CCCCN1C(=O)C(=O)/C(=C(/O)c2ccc(Cl)cc2)[C@@H]1c1ccc(Cl)cc1. The summed E-state index contributed by atoms with van der Waals surface area (Å²) < 4.78 is 0. The van der Waals surface area contributed by atoms with Crippen LogP contribution in [0.25, 0.3) is 5.76 Å². The maximum atomic E-state index is 12.8. The number of hydrogen-bond acceptors (Lipinski definition) is 3. The van der Waals surface area contributed by atoms with Crippen molar-refractivity contribution < 1.29 is 14.7 Å². The van der Waals surface area contributed by atoms with Crippen molar-refractivity contribution in [3.05, 3.63) is 75.3 Å². The van der Waals surface area contributed by atoms with Gasteiger partial charge < -0.3 is 10.0 Å². The van der Waals surface area contributed by atoms with Gasteiger partial charge in [0.1, 0.15) is 5.76 Å². The molecule has 1 aliphatic heterocycles. The highest BCUT2D eigenvalue weighted by Crippen LogP contribution is 2.39. The number of aliphatic hydroxyl groups is 1. The van der Waals surface area contributed by atoms with E-state index in [2.05, 4.69) is 0 Å². The van der Waals surface area contributed by atoms with Gasteiger partial charge in [-0.1, -0.05) is 48.7 Å². The Morgan fingerprint density at radius 3 is 2.11 bits per heavy atom. The van der Waals surface area contributed by atoms with Crippen molar-refractivity contribution in [3.8, 4) is 0 Å². The number of nitrogens with zero attached hydrogens (tertiary/aromatic N) is 1. The van der Waals surface area contributed by atoms with Crippen LogP contribution in [0.4, 0.5) is 0 Å². The fourth-order valence-electron chi connectivity index (χ4n) is 3.19. The summed E-state index contributed by atoms with van der Waals surface area (Å²) in [4.78, 5) is 26.9. The summed E-state index contributed by atoms with van der Waals surface area (Å²) >= 11 is 11.9. The summed E-state index contributed by atoms with van der Waals surface area (Å²) in [6.07, 6.45) is 1.64. The summed E-state index contributed by atoms with van der Waals surface area (Å²) in [5.41, 5.74) is 1.25. The number of hydrogen-bond donors (Lipinski definition) is 1. The minimum absolute atomic E-state index is 0.0840. The lowest BCUT2D eigenvalue weighted by molar-refractivity contribution is -0.139. The van der Waals surface area contributed by atoms with Gasteiger partial charge in [0.15, 0.2) is 0 Å². The zero-order chi connectivity index (χ0) is 19.6. The molecule has 0 radical (unpaired) electrons. The van der Waals surface area contributed by atoms with Gasteiger partial charge in [-0.3, -0.25) is 9.59 Å². The van der Waals surface area contributed by atoms with Gasteiger partial charge in [0.05, 0.1) is 11.6 Å². The standard InChI is InChI=1S/C21H19Cl2NO3/c1-2-3-12-24-18(13-4-8-15(22)9-5-13)17(20(26)21(24)27)19(25)14-6-10-16(23)11-7-14/h4-11,18,25H,2-3,12H2,1H3/b19-17+/t18-/m0/s1. The first kappa shape index (κ1) is 19.5. The van der Waals surface area contributed by atoms with Crippen molar-refractivity contribution in [1.82, 2.24) is 4.90 Å². The number of rotatable bonds is 5. The predicted molar refractivity (Wildman–Crippen MR) is 107 cm³/mol. The minimum Gasteiger partial charge on any atom is -0.507 e. The molecule has 0 bridgehead atoms. The minimum atomic E-state index is -0.682. The first-order chi connectivity index (χ1) is 12.9. The predicted octanol–water partition coefficient (Wildman–Crippen LogP) is 5.22. The largest absolute Gasteiger partial charge is 0.507 e. The van der Waals surface area contributed by atoms with E-state index in [1.165, 1.54) is 4.90 Å². The zero-order valence-electron chi connectivity index (χ0n) is 14.8. The lowest BCUT2D eigenvalue weighted by Gasteiger charge is -2.25. The molecule has 4 nitrogen and oxygen atoms in total. The number of aliphatic hydroxyl groups excluding tert-OH is 1. The monoisotopic (exact) mass is 403 g/mol.